The van der Waals surface area contributed by atoms with Gasteiger partial charge >= 0.3 is 6.43 Å². The third kappa shape index (κ3) is 2.87. The summed E-state index contributed by atoms with van der Waals surface area (Å²) < 4.78 is 24.3. The lowest BCUT2D eigenvalue weighted by Crippen LogP contribution is -2.50. The van der Waals surface area contributed by atoms with Crippen molar-refractivity contribution in [1.82, 2.24) is 9.80 Å². The molecule has 1 saturated heterocycles. The molecule has 1 saturated carbocycles. The molecule has 2 fully saturated rings. The van der Waals surface area contributed by atoms with Crippen LogP contribution in [0, 0.1) is 5.92 Å². The summed E-state index contributed by atoms with van der Waals surface area (Å²) in [6, 6.07) is 0. The van der Waals surface area contributed by atoms with E-state index in [4.69, 9.17) is 0 Å². The van der Waals surface area contributed by atoms with Gasteiger partial charge in [-0.25, -0.2) is 0 Å². The molecular formula is C10H16F2N2O. The molecular weight excluding hydrogens is 202 g/mol. The Morgan fingerprint density at radius 3 is 2.27 bits per heavy atom. The molecule has 0 aromatic heterocycles. The van der Waals surface area contributed by atoms with Crippen LogP contribution in [0.15, 0.2) is 0 Å². The number of hydrogen-bond acceptors (Lipinski definition) is 2. The maximum atomic E-state index is 12.1. The van der Waals surface area contributed by atoms with Gasteiger partial charge in [-0.1, -0.05) is 0 Å². The van der Waals surface area contributed by atoms with Crippen molar-refractivity contribution < 1.29 is 13.6 Å². The van der Waals surface area contributed by atoms with Crippen molar-refractivity contribution >= 4 is 5.91 Å². The average molecular weight is 218 g/mol. The van der Waals surface area contributed by atoms with Crippen molar-refractivity contribution in [3.8, 4) is 0 Å². The zero-order valence-corrected chi connectivity index (χ0v) is 8.66. The first-order valence-corrected chi connectivity index (χ1v) is 5.46. The molecule has 0 unspecified atom stereocenters. The number of alkyl halides is 2. The highest BCUT2D eigenvalue weighted by molar-refractivity contribution is 5.79. The first-order chi connectivity index (χ1) is 7.16. The highest BCUT2D eigenvalue weighted by atomic mass is 19.3. The quantitative estimate of drug-likeness (QED) is 0.699. The van der Waals surface area contributed by atoms with Crippen molar-refractivity contribution in [1.29, 1.82) is 0 Å². The van der Waals surface area contributed by atoms with Gasteiger partial charge in [-0.2, -0.15) is 8.78 Å². The number of piperazine rings is 1. The monoisotopic (exact) mass is 218 g/mol. The molecule has 0 radical (unpaired) electrons. The van der Waals surface area contributed by atoms with Gasteiger partial charge in [0.05, 0.1) is 0 Å². The van der Waals surface area contributed by atoms with Crippen LogP contribution >= 0.6 is 0 Å². The van der Waals surface area contributed by atoms with Gasteiger partial charge in [0.2, 0.25) is 0 Å². The Hall–Kier alpha value is -0.710. The maximum absolute atomic E-state index is 12.1. The van der Waals surface area contributed by atoms with Gasteiger partial charge in [0.25, 0.3) is 5.91 Å². The van der Waals surface area contributed by atoms with E-state index >= 15 is 0 Å². The van der Waals surface area contributed by atoms with E-state index in [1.165, 1.54) is 17.7 Å². The fourth-order valence-corrected chi connectivity index (χ4v) is 1.95. The van der Waals surface area contributed by atoms with E-state index in [0.29, 0.717) is 13.1 Å². The first-order valence-electron chi connectivity index (χ1n) is 5.46. The fraction of sp³-hybridized carbons (Fsp3) is 0.900. The molecule has 2 rings (SSSR count). The highest BCUT2D eigenvalue weighted by Gasteiger charge is 2.29. The number of rotatable bonds is 3. The zero-order chi connectivity index (χ0) is 10.8. The van der Waals surface area contributed by atoms with Crippen LogP contribution in [0.4, 0.5) is 8.78 Å². The maximum Gasteiger partial charge on any atom is 0.315 e. The molecule has 1 heterocycles. The predicted molar refractivity (Wildman–Crippen MR) is 51.7 cm³/mol. The minimum Gasteiger partial charge on any atom is -0.335 e. The molecule has 3 nitrogen and oxygen atoms in total. The van der Waals surface area contributed by atoms with Crippen LogP contribution in [0.2, 0.25) is 0 Å². The van der Waals surface area contributed by atoms with Crippen LogP contribution in [0.25, 0.3) is 0 Å². The molecule has 0 aromatic carbocycles. The van der Waals surface area contributed by atoms with Crippen LogP contribution in [0.1, 0.15) is 12.8 Å². The Labute approximate surface area is 88.0 Å². The second-order valence-electron chi connectivity index (χ2n) is 4.37. The smallest absolute Gasteiger partial charge is 0.315 e. The summed E-state index contributed by atoms with van der Waals surface area (Å²) >= 11 is 0. The van der Waals surface area contributed by atoms with Gasteiger partial charge in [0.15, 0.2) is 0 Å². The Balaban J connectivity index is 1.73. The molecule has 1 aliphatic heterocycles. The minimum atomic E-state index is -2.85. The second-order valence-corrected chi connectivity index (χ2v) is 4.37. The van der Waals surface area contributed by atoms with E-state index in [2.05, 4.69) is 4.90 Å². The molecule has 0 spiro atoms. The van der Waals surface area contributed by atoms with E-state index < -0.39 is 12.3 Å². The minimum absolute atomic E-state index is 0.454. The molecule has 15 heavy (non-hydrogen) atoms. The number of nitrogens with zero attached hydrogens (tertiary/aromatic N) is 2. The summed E-state index contributed by atoms with van der Waals surface area (Å²) in [4.78, 5) is 14.5. The highest BCUT2D eigenvalue weighted by Crippen LogP contribution is 2.29. The van der Waals surface area contributed by atoms with E-state index in [1.807, 2.05) is 0 Å². The normalized spacial score (nSPS) is 23.5. The topological polar surface area (TPSA) is 23.6 Å². The lowest BCUT2D eigenvalue weighted by molar-refractivity contribution is -0.144. The summed E-state index contributed by atoms with van der Waals surface area (Å²) in [6.07, 6.45) is -0.244. The van der Waals surface area contributed by atoms with Crippen LogP contribution < -0.4 is 0 Å². The number of amides is 1. The van der Waals surface area contributed by atoms with Crippen molar-refractivity contribution in [3.05, 3.63) is 0 Å². The molecule has 86 valence electrons. The lowest BCUT2D eigenvalue weighted by Gasteiger charge is -2.34. The third-order valence-corrected chi connectivity index (χ3v) is 3.08. The van der Waals surface area contributed by atoms with Gasteiger partial charge in [0, 0.05) is 32.7 Å². The van der Waals surface area contributed by atoms with Crippen molar-refractivity contribution in [2.75, 3.05) is 32.7 Å². The van der Waals surface area contributed by atoms with Gasteiger partial charge in [-0.3, -0.25) is 9.69 Å². The Morgan fingerprint density at radius 2 is 1.80 bits per heavy atom. The molecule has 0 N–H and O–H groups in total. The summed E-state index contributed by atoms with van der Waals surface area (Å²) in [5.41, 5.74) is 0. The Bertz CT molecular complexity index is 236. The van der Waals surface area contributed by atoms with Gasteiger partial charge in [-0.15, -0.1) is 0 Å². The molecule has 5 heteroatoms. The second kappa shape index (κ2) is 4.43. The number of hydrogen-bond donors (Lipinski definition) is 0. The van der Waals surface area contributed by atoms with E-state index in [0.717, 1.165) is 25.6 Å². The van der Waals surface area contributed by atoms with Crippen LogP contribution in [0.3, 0.4) is 0 Å². The van der Waals surface area contributed by atoms with Crippen LogP contribution in [0.5, 0.6) is 0 Å². The average Bonchev–Trinajstić information content (AvgIpc) is 3.02. The number of carbonyl (C=O) groups is 1. The van der Waals surface area contributed by atoms with Crippen molar-refractivity contribution in [3.63, 3.8) is 0 Å². The molecule has 1 aliphatic carbocycles. The molecule has 0 atom stereocenters. The molecule has 0 aromatic rings. The standard InChI is InChI=1S/C10H16F2N2O/c11-9(12)10(15)14-5-3-13(4-6-14)7-8-1-2-8/h8-9H,1-7H2. The van der Waals surface area contributed by atoms with Gasteiger partial charge in [0.1, 0.15) is 0 Å². The summed E-state index contributed by atoms with van der Waals surface area (Å²) in [7, 11) is 0. The Kier molecular flexibility index (Phi) is 3.19. The SMILES string of the molecule is O=C(C(F)F)N1CCN(CC2CC2)CC1. The van der Waals surface area contributed by atoms with E-state index in [1.54, 1.807) is 0 Å². The summed E-state index contributed by atoms with van der Waals surface area (Å²) in [6.45, 7) is 3.48. The molecule has 0 bridgehead atoms. The van der Waals surface area contributed by atoms with Crippen molar-refractivity contribution in [2.24, 2.45) is 5.92 Å². The van der Waals surface area contributed by atoms with Gasteiger partial charge < -0.3 is 4.90 Å². The summed E-state index contributed by atoms with van der Waals surface area (Å²) in [5.74, 6) is -0.191. The molecule has 1 amide bonds. The van der Waals surface area contributed by atoms with Crippen LogP contribution in [-0.2, 0) is 4.79 Å². The molecule has 2 aliphatic rings. The largest absolute Gasteiger partial charge is 0.335 e. The van der Waals surface area contributed by atoms with Crippen molar-refractivity contribution in [2.45, 2.75) is 19.3 Å². The summed E-state index contributed by atoms with van der Waals surface area (Å²) in [5, 5.41) is 0. The lowest BCUT2D eigenvalue weighted by atomic mass is 10.3. The number of halogens is 2. The van der Waals surface area contributed by atoms with E-state index in [-0.39, 0.29) is 0 Å². The third-order valence-electron chi connectivity index (χ3n) is 3.08. The van der Waals surface area contributed by atoms with Gasteiger partial charge in [-0.05, 0) is 18.8 Å². The number of carbonyl (C=O) groups excluding carboxylic acids is 1. The Morgan fingerprint density at radius 1 is 1.20 bits per heavy atom. The zero-order valence-electron chi connectivity index (χ0n) is 8.66. The first kappa shape index (κ1) is 10.8. The van der Waals surface area contributed by atoms with E-state index in [9.17, 15) is 13.6 Å². The van der Waals surface area contributed by atoms with Crippen LogP contribution in [-0.4, -0.2) is 54.9 Å². The predicted octanol–water partition coefficient (Wildman–Crippen LogP) is 0.806. The fourth-order valence-electron chi connectivity index (χ4n) is 1.95.